The van der Waals surface area contributed by atoms with Gasteiger partial charge in [0, 0.05) is 16.7 Å². The summed E-state index contributed by atoms with van der Waals surface area (Å²) >= 11 is 11.1. The van der Waals surface area contributed by atoms with E-state index in [9.17, 15) is 4.79 Å². The standard InChI is InChI=1S/C21H19BrClN3OS/c22-15-7-4-6-14(12-15)13-18-20(27)26(16-8-2-1-3-9-16)21(28-18)25-17-10-5-11-24-19(17)23/h4-7,10-13,16H,1-3,8-9H2/b18-13-,25-21?. The van der Waals surface area contributed by atoms with E-state index < -0.39 is 0 Å². The van der Waals surface area contributed by atoms with Crippen LogP contribution in [0.5, 0.6) is 0 Å². The number of hydrogen-bond donors (Lipinski definition) is 0. The Kier molecular flexibility index (Phi) is 6.19. The Bertz CT molecular complexity index is 956. The maximum Gasteiger partial charge on any atom is 0.267 e. The number of hydrogen-bond acceptors (Lipinski definition) is 4. The van der Waals surface area contributed by atoms with Crippen molar-refractivity contribution >= 4 is 62.1 Å². The summed E-state index contributed by atoms with van der Waals surface area (Å²) in [6.07, 6.45) is 9.10. The van der Waals surface area contributed by atoms with Gasteiger partial charge in [-0.25, -0.2) is 9.98 Å². The van der Waals surface area contributed by atoms with Crippen LogP contribution < -0.4 is 0 Å². The highest BCUT2D eigenvalue weighted by Gasteiger charge is 2.38. The molecule has 1 amide bonds. The molecule has 0 atom stereocenters. The van der Waals surface area contributed by atoms with Gasteiger partial charge >= 0.3 is 0 Å². The molecule has 1 saturated heterocycles. The molecular weight excluding hydrogens is 458 g/mol. The third kappa shape index (κ3) is 4.34. The van der Waals surface area contributed by atoms with Crippen LogP contribution in [0.3, 0.4) is 0 Å². The maximum atomic E-state index is 13.3. The SMILES string of the molecule is O=C1/C(=C/c2cccc(Br)c2)SC(=Nc2cccnc2Cl)N1C1CCCCC1. The number of rotatable bonds is 3. The number of aromatic nitrogens is 1. The number of aliphatic imine (C=N–C) groups is 1. The molecule has 2 fully saturated rings. The summed E-state index contributed by atoms with van der Waals surface area (Å²) in [7, 11) is 0. The summed E-state index contributed by atoms with van der Waals surface area (Å²) < 4.78 is 0.984. The molecule has 0 bridgehead atoms. The number of amides is 1. The number of pyridine rings is 1. The minimum atomic E-state index is 0.0237. The van der Waals surface area contributed by atoms with Gasteiger partial charge in [-0.15, -0.1) is 0 Å². The first-order valence-electron chi connectivity index (χ1n) is 9.30. The van der Waals surface area contributed by atoms with E-state index in [4.69, 9.17) is 16.6 Å². The minimum absolute atomic E-state index is 0.0237. The van der Waals surface area contributed by atoms with E-state index in [1.54, 1.807) is 12.3 Å². The van der Waals surface area contributed by atoms with Crippen LogP contribution in [0.4, 0.5) is 5.69 Å². The molecule has 0 spiro atoms. The number of thioether (sulfide) groups is 1. The summed E-state index contributed by atoms with van der Waals surface area (Å²) in [6, 6.07) is 11.7. The largest absolute Gasteiger partial charge is 0.283 e. The maximum absolute atomic E-state index is 13.3. The Morgan fingerprint density at radius 1 is 1.21 bits per heavy atom. The molecule has 2 aliphatic rings. The average molecular weight is 477 g/mol. The van der Waals surface area contributed by atoms with Crippen LogP contribution in [0, 0.1) is 0 Å². The molecule has 1 aromatic heterocycles. The lowest BCUT2D eigenvalue weighted by atomic mass is 9.94. The van der Waals surface area contributed by atoms with Crippen molar-refractivity contribution in [2.75, 3.05) is 0 Å². The minimum Gasteiger partial charge on any atom is -0.283 e. The summed E-state index contributed by atoms with van der Waals surface area (Å²) in [5, 5.41) is 1.03. The van der Waals surface area contributed by atoms with Crippen molar-refractivity contribution in [3.8, 4) is 0 Å². The van der Waals surface area contributed by atoms with E-state index in [-0.39, 0.29) is 11.9 Å². The molecule has 2 heterocycles. The third-order valence-corrected chi connectivity index (χ3v) is 6.65. The molecule has 7 heteroatoms. The molecule has 0 N–H and O–H groups in total. The highest BCUT2D eigenvalue weighted by Crippen LogP contribution is 2.39. The van der Waals surface area contributed by atoms with E-state index in [1.807, 2.05) is 41.3 Å². The first-order chi connectivity index (χ1) is 13.6. The smallest absolute Gasteiger partial charge is 0.267 e. The van der Waals surface area contributed by atoms with Crippen molar-refractivity contribution in [3.63, 3.8) is 0 Å². The molecular formula is C21H19BrClN3OS. The number of amidine groups is 1. The van der Waals surface area contributed by atoms with Gasteiger partial charge in [-0.2, -0.15) is 0 Å². The zero-order valence-corrected chi connectivity index (χ0v) is 18.3. The fourth-order valence-electron chi connectivity index (χ4n) is 3.54. The van der Waals surface area contributed by atoms with Gasteiger partial charge in [0.25, 0.3) is 5.91 Å². The molecule has 2 aromatic rings. The van der Waals surface area contributed by atoms with E-state index in [2.05, 4.69) is 20.9 Å². The predicted octanol–water partition coefficient (Wildman–Crippen LogP) is 6.43. The lowest BCUT2D eigenvalue weighted by Crippen LogP contribution is -2.40. The van der Waals surface area contributed by atoms with E-state index in [0.717, 1.165) is 35.7 Å². The first-order valence-corrected chi connectivity index (χ1v) is 11.3. The highest BCUT2D eigenvalue weighted by molar-refractivity contribution is 9.10. The molecule has 0 radical (unpaired) electrons. The topological polar surface area (TPSA) is 45.6 Å². The molecule has 1 aliphatic carbocycles. The van der Waals surface area contributed by atoms with Crippen LogP contribution in [0.2, 0.25) is 5.15 Å². The Balaban J connectivity index is 1.72. The highest BCUT2D eigenvalue weighted by atomic mass is 79.9. The van der Waals surface area contributed by atoms with Crippen molar-refractivity contribution < 1.29 is 4.79 Å². The van der Waals surface area contributed by atoms with E-state index >= 15 is 0 Å². The van der Waals surface area contributed by atoms with Crippen LogP contribution in [-0.4, -0.2) is 27.0 Å². The van der Waals surface area contributed by atoms with Gasteiger partial charge in [0.2, 0.25) is 0 Å². The molecule has 1 saturated carbocycles. The number of benzene rings is 1. The van der Waals surface area contributed by atoms with Gasteiger partial charge in [-0.3, -0.25) is 9.69 Å². The molecule has 4 nitrogen and oxygen atoms in total. The Morgan fingerprint density at radius 3 is 2.79 bits per heavy atom. The normalized spacial score (nSPS) is 21.1. The predicted molar refractivity (Wildman–Crippen MR) is 120 cm³/mol. The first kappa shape index (κ1) is 19.7. The van der Waals surface area contributed by atoms with Crippen molar-refractivity contribution in [3.05, 3.63) is 62.7 Å². The Morgan fingerprint density at radius 2 is 2.04 bits per heavy atom. The zero-order chi connectivity index (χ0) is 19.5. The van der Waals surface area contributed by atoms with Crippen LogP contribution in [0.25, 0.3) is 6.08 Å². The van der Waals surface area contributed by atoms with Crippen molar-refractivity contribution in [2.45, 2.75) is 38.1 Å². The Hall–Kier alpha value is -1.63. The second-order valence-electron chi connectivity index (χ2n) is 6.84. The number of carbonyl (C=O) groups excluding carboxylic acids is 1. The summed E-state index contributed by atoms with van der Waals surface area (Å²) in [6.45, 7) is 0. The molecule has 0 unspecified atom stereocenters. The molecule has 1 aromatic carbocycles. The number of halogens is 2. The van der Waals surface area contributed by atoms with Gasteiger partial charge in [0.15, 0.2) is 10.3 Å². The quantitative estimate of drug-likeness (QED) is 0.378. The van der Waals surface area contributed by atoms with Crippen LogP contribution in [0.1, 0.15) is 37.7 Å². The van der Waals surface area contributed by atoms with Crippen LogP contribution in [0.15, 0.2) is 57.0 Å². The lowest BCUT2D eigenvalue weighted by molar-refractivity contribution is -0.124. The number of carbonyl (C=O) groups is 1. The summed E-state index contributed by atoms with van der Waals surface area (Å²) in [5.74, 6) is 0.0237. The molecule has 1 aliphatic heterocycles. The van der Waals surface area contributed by atoms with Gasteiger partial charge in [-0.05, 0) is 60.5 Å². The zero-order valence-electron chi connectivity index (χ0n) is 15.1. The van der Waals surface area contributed by atoms with E-state index in [0.29, 0.717) is 20.9 Å². The van der Waals surface area contributed by atoms with Gasteiger partial charge in [0.05, 0.1) is 4.91 Å². The van der Waals surface area contributed by atoms with Crippen molar-refractivity contribution in [1.82, 2.24) is 9.88 Å². The lowest BCUT2D eigenvalue weighted by Gasteiger charge is -2.30. The summed E-state index contributed by atoms with van der Waals surface area (Å²) in [5.41, 5.74) is 1.57. The van der Waals surface area contributed by atoms with Crippen LogP contribution in [-0.2, 0) is 4.79 Å². The van der Waals surface area contributed by atoms with Gasteiger partial charge in [0.1, 0.15) is 5.69 Å². The Labute approximate surface area is 182 Å². The fraction of sp³-hybridized carbons (Fsp3) is 0.286. The van der Waals surface area contributed by atoms with Gasteiger partial charge < -0.3 is 0 Å². The number of nitrogens with zero attached hydrogens (tertiary/aromatic N) is 3. The van der Waals surface area contributed by atoms with Gasteiger partial charge in [-0.1, -0.05) is 58.9 Å². The summed E-state index contributed by atoms with van der Waals surface area (Å²) in [4.78, 5) is 24.6. The molecule has 4 rings (SSSR count). The third-order valence-electron chi connectivity index (χ3n) is 4.88. The van der Waals surface area contributed by atoms with Crippen molar-refractivity contribution in [1.29, 1.82) is 0 Å². The molecule has 28 heavy (non-hydrogen) atoms. The van der Waals surface area contributed by atoms with Crippen molar-refractivity contribution in [2.24, 2.45) is 4.99 Å². The molecule has 144 valence electrons. The monoisotopic (exact) mass is 475 g/mol. The second-order valence-corrected chi connectivity index (χ2v) is 9.12. The van der Waals surface area contributed by atoms with E-state index in [1.165, 1.54) is 18.2 Å². The average Bonchev–Trinajstić information content (AvgIpc) is 2.99. The fourth-order valence-corrected chi connectivity index (χ4v) is 5.17. The van der Waals surface area contributed by atoms with Crippen LogP contribution >= 0.6 is 39.3 Å². The second kappa shape index (κ2) is 8.80.